The van der Waals surface area contributed by atoms with E-state index in [4.69, 9.17) is 4.74 Å². The Morgan fingerprint density at radius 3 is 2.60 bits per heavy atom. The summed E-state index contributed by atoms with van der Waals surface area (Å²) in [5, 5.41) is 12.6. The van der Waals surface area contributed by atoms with E-state index in [0.29, 0.717) is 12.2 Å². The summed E-state index contributed by atoms with van der Waals surface area (Å²) in [6, 6.07) is 15.8. The molecule has 102 valence electrons. The fourth-order valence-corrected chi connectivity index (χ4v) is 2.49. The first kappa shape index (κ1) is 14.3. The number of para-hydroxylation sites is 2. The summed E-state index contributed by atoms with van der Waals surface area (Å²) in [6.45, 7) is 2.56. The first-order valence-electron chi connectivity index (χ1n) is 6.36. The molecule has 2 aromatic carbocycles. The molecule has 0 aliphatic rings. The van der Waals surface area contributed by atoms with Crippen molar-refractivity contribution in [1.82, 2.24) is 0 Å². The molecule has 0 fully saturated rings. The average molecular weight is 284 g/mol. The highest BCUT2D eigenvalue weighted by Gasteiger charge is 2.09. The summed E-state index contributed by atoms with van der Waals surface area (Å²) in [4.78, 5) is 0.964. The van der Waals surface area contributed by atoms with Gasteiger partial charge in [0.15, 0.2) is 0 Å². The molecule has 0 spiro atoms. The molecule has 0 radical (unpaired) electrons. The zero-order valence-electron chi connectivity index (χ0n) is 11.5. The highest BCUT2D eigenvalue weighted by atomic mass is 32.2. The number of nitriles is 1. The van der Waals surface area contributed by atoms with Gasteiger partial charge in [-0.15, -0.1) is 11.8 Å². The fraction of sp³-hybridized carbons (Fsp3) is 0.188. The fourth-order valence-electron chi connectivity index (χ4n) is 1.92. The zero-order valence-corrected chi connectivity index (χ0v) is 12.3. The Bertz CT molecular complexity index is 635. The van der Waals surface area contributed by atoms with E-state index in [2.05, 4.69) is 11.4 Å². The third-order valence-electron chi connectivity index (χ3n) is 2.81. The molecule has 0 aromatic heterocycles. The van der Waals surface area contributed by atoms with E-state index in [1.165, 1.54) is 0 Å². The second kappa shape index (κ2) is 6.88. The lowest BCUT2D eigenvalue weighted by molar-refractivity contribution is 0.342. The molecule has 0 heterocycles. The summed E-state index contributed by atoms with van der Waals surface area (Å²) in [5.41, 5.74) is 2.32. The van der Waals surface area contributed by atoms with Crippen LogP contribution in [0.3, 0.4) is 0 Å². The molecule has 0 bridgehead atoms. The molecule has 0 saturated heterocycles. The van der Waals surface area contributed by atoms with Crippen molar-refractivity contribution in [3.63, 3.8) is 0 Å². The molecule has 0 atom stereocenters. The predicted octanol–water partition coefficient (Wildman–Crippen LogP) is 4.42. The molecular weight excluding hydrogens is 268 g/mol. The standard InChI is InChI=1S/C16H16N2OS/c1-3-19-15-9-5-4-7-14(15)18-13-8-6-10-16(20-2)12(13)11-17/h4-10,18H,3H2,1-2H3. The Labute approximate surface area is 123 Å². The largest absolute Gasteiger partial charge is 0.492 e. The molecule has 4 heteroatoms. The molecule has 20 heavy (non-hydrogen) atoms. The van der Waals surface area contributed by atoms with Gasteiger partial charge in [0.2, 0.25) is 0 Å². The Kier molecular flexibility index (Phi) is 4.91. The second-order valence-corrected chi connectivity index (χ2v) is 4.90. The van der Waals surface area contributed by atoms with Crippen molar-refractivity contribution in [2.75, 3.05) is 18.2 Å². The summed E-state index contributed by atoms with van der Waals surface area (Å²) < 4.78 is 5.59. The van der Waals surface area contributed by atoms with Gasteiger partial charge in [-0.1, -0.05) is 18.2 Å². The van der Waals surface area contributed by atoms with E-state index in [9.17, 15) is 5.26 Å². The van der Waals surface area contributed by atoms with Gasteiger partial charge < -0.3 is 10.1 Å². The monoisotopic (exact) mass is 284 g/mol. The molecule has 0 amide bonds. The van der Waals surface area contributed by atoms with E-state index in [1.807, 2.05) is 55.6 Å². The van der Waals surface area contributed by atoms with Gasteiger partial charge in [-0.2, -0.15) is 5.26 Å². The summed E-state index contributed by atoms with van der Waals surface area (Å²) >= 11 is 1.57. The maximum atomic E-state index is 9.35. The second-order valence-electron chi connectivity index (χ2n) is 4.05. The van der Waals surface area contributed by atoms with E-state index >= 15 is 0 Å². The van der Waals surface area contributed by atoms with Gasteiger partial charge in [-0.25, -0.2) is 0 Å². The van der Waals surface area contributed by atoms with Crippen LogP contribution in [-0.2, 0) is 0 Å². The normalized spacial score (nSPS) is 9.85. The lowest BCUT2D eigenvalue weighted by Crippen LogP contribution is -1.99. The van der Waals surface area contributed by atoms with Crippen LogP contribution in [0.1, 0.15) is 12.5 Å². The van der Waals surface area contributed by atoms with Crippen LogP contribution in [0.15, 0.2) is 47.4 Å². The molecule has 0 aliphatic heterocycles. The third-order valence-corrected chi connectivity index (χ3v) is 3.59. The lowest BCUT2D eigenvalue weighted by atomic mass is 10.2. The van der Waals surface area contributed by atoms with Crippen molar-refractivity contribution in [3.8, 4) is 11.8 Å². The maximum absolute atomic E-state index is 9.35. The number of nitrogens with one attached hydrogen (secondary N) is 1. The topological polar surface area (TPSA) is 45.0 Å². The number of rotatable bonds is 5. The molecule has 2 rings (SSSR count). The summed E-state index contributed by atoms with van der Waals surface area (Å²) in [6.07, 6.45) is 1.97. The first-order valence-corrected chi connectivity index (χ1v) is 7.58. The van der Waals surface area contributed by atoms with Gasteiger partial charge in [0.25, 0.3) is 0 Å². The molecule has 0 unspecified atom stereocenters. The van der Waals surface area contributed by atoms with E-state index in [1.54, 1.807) is 11.8 Å². The van der Waals surface area contributed by atoms with Crippen molar-refractivity contribution in [1.29, 1.82) is 5.26 Å². The molecule has 1 N–H and O–H groups in total. The van der Waals surface area contributed by atoms with Crippen LogP contribution in [0.25, 0.3) is 0 Å². The van der Waals surface area contributed by atoms with E-state index in [-0.39, 0.29) is 0 Å². The van der Waals surface area contributed by atoms with Gasteiger partial charge in [0, 0.05) is 4.90 Å². The van der Waals surface area contributed by atoms with Gasteiger partial charge in [-0.3, -0.25) is 0 Å². The first-order chi connectivity index (χ1) is 9.80. The number of anilines is 2. The maximum Gasteiger partial charge on any atom is 0.142 e. The molecular formula is C16H16N2OS. The summed E-state index contributed by atoms with van der Waals surface area (Å²) in [5.74, 6) is 0.786. The number of hydrogen-bond acceptors (Lipinski definition) is 4. The van der Waals surface area contributed by atoms with E-state index in [0.717, 1.165) is 22.0 Å². The highest BCUT2D eigenvalue weighted by molar-refractivity contribution is 7.98. The quantitative estimate of drug-likeness (QED) is 0.825. The number of nitrogens with zero attached hydrogens (tertiary/aromatic N) is 1. The molecule has 2 aromatic rings. The minimum atomic E-state index is 0.606. The van der Waals surface area contributed by atoms with Gasteiger partial charge in [0.1, 0.15) is 11.8 Å². The SMILES string of the molecule is CCOc1ccccc1Nc1cccc(SC)c1C#N. The van der Waals surface area contributed by atoms with Crippen LogP contribution < -0.4 is 10.1 Å². The van der Waals surface area contributed by atoms with Crippen molar-refractivity contribution in [2.45, 2.75) is 11.8 Å². The molecule has 0 aliphatic carbocycles. The Hall–Kier alpha value is -2.12. The van der Waals surface area contributed by atoms with Crippen molar-refractivity contribution in [3.05, 3.63) is 48.0 Å². The zero-order chi connectivity index (χ0) is 14.4. The minimum Gasteiger partial charge on any atom is -0.492 e. The van der Waals surface area contributed by atoms with E-state index < -0.39 is 0 Å². The number of hydrogen-bond donors (Lipinski definition) is 1. The van der Waals surface area contributed by atoms with Gasteiger partial charge >= 0.3 is 0 Å². The van der Waals surface area contributed by atoms with Crippen LogP contribution in [0.5, 0.6) is 5.75 Å². The lowest BCUT2D eigenvalue weighted by Gasteiger charge is -2.14. The smallest absolute Gasteiger partial charge is 0.142 e. The molecule has 0 saturated carbocycles. The highest BCUT2D eigenvalue weighted by Crippen LogP contribution is 2.32. The minimum absolute atomic E-state index is 0.606. The Morgan fingerprint density at radius 2 is 1.90 bits per heavy atom. The van der Waals surface area contributed by atoms with Crippen molar-refractivity contribution in [2.24, 2.45) is 0 Å². The van der Waals surface area contributed by atoms with Gasteiger partial charge in [0.05, 0.1) is 23.5 Å². The average Bonchev–Trinajstić information content (AvgIpc) is 2.49. The predicted molar refractivity (Wildman–Crippen MR) is 83.8 cm³/mol. The van der Waals surface area contributed by atoms with Crippen LogP contribution in [0.2, 0.25) is 0 Å². The van der Waals surface area contributed by atoms with Crippen LogP contribution in [0.4, 0.5) is 11.4 Å². The van der Waals surface area contributed by atoms with Gasteiger partial charge in [-0.05, 0) is 37.4 Å². The van der Waals surface area contributed by atoms with Crippen LogP contribution >= 0.6 is 11.8 Å². The van der Waals surface area contributed by atoms with Crippen LogP contribution in [0, 0.1) is 11.3 Å². The number of thioether (sulfide) groups is 1. The number of ether oxygens (including phenoxy) is 1. The Balaban J connectivity index is 2.38. The molecule has 3 nitrogen and oxygen atoms in total. The third kappa shape index (κ3) is 3.06. The Morgan fingerprint density at radius 1 is 1.15 bits per heavy atom. The van der Waals surface area contributed by atoms with Crippen molar-refractivity contribution < 1.29 is 4.74 Å². The van der Waals surface area contributed by atoms with Crippen LogP contribution in [-0.4, -0.2) is 12.9 Å². The summed E-state index contributed by atoms with van der Waals surface area (Å²) in [7, 11) is 0. The number of benzene rings is 2. The van der Waals surface area contributed by atoms with Crippen molar-refractivity contribution >= 4 is 23.1 Å².